The second-order valence-electron chi connectivity index (χ2n) is 5.89. The van der Waals surface area contributed by atoms with E-state index in [1.54, 1.807) is 7.11 Å². The van der Waals surface area contributed by atoms with Crippen molar-refractivity contribution in [3.8, 4) is 0 Å². The van der Waals surface area contributed by atoms with Crippen molar-refractivity contribution in [1.29, 1.82) is 0 Å². The molecule has 130 valence electrons. The topological polar surface area (TPSA) is 76.8 Å². The van der Waals surface area contributed by atoms with Crippen LogP contribution in [0.15, 0.2) is 0 Å². The standard InChI is InChI=1S/C16H33N3O3/c1-4-13(5-2)15(19-6-8-22-9-7-19)12-18-16(20)10-14(11-17)21-3/h13-15H,4-12,17H2,1-3H3,(H,18,20). The van der Waals surface area contributed by atoms with E-state index in [9.17, 15) is 4.79 Å². The van der Waals surface area contributed by atoms with E-state index in [1.807, 2.05) is 0 Å². The van der Waals surface area contributed by atoms with Crippen molar-refractivity contribution in [2.45, 2.75) is 45.3 Å². The molecular formula is C16H33N3O3. The number of nitrogens with one attached hydrogen (secondary N) is 1. The van der Waals surface area contributed by atoms with Gasteiger partial charge in [0, 0.05) is 39.3 Å². The molecule has 2 atom stereocenters. The first kappa shape index (κ1) is 19.4. The molecule has 1 aliphatic rings. The van der Waals surface area contributed by atoms with Gasteiger partial charge < -0.3 is 20.5 Å². The van der Waals surface area contributed by atoms with Gasteiger partial charge >= 0.3 is 0 Å². The van der Waals surface area contributed by atoms with Crippen LogP contribution < -0.4 is 11.1 Å². The number of nitrogens with two attached hydrogens (primary N) is 1. The van der Waals surface area contributed by atoms with Crippen LogP contribution in [0.4, 0.5) is 0 Å². The molecule has 0 aliphatic carbocycles. The second kappa shape index (κ2) is 10.9. The van der Waals surface area contributed by atoms with E-state index < -0.39 is 0 Å². The minimum absolute atomic E-state index is 0.0153. The Morgan fingerprint density at radius 2 is 1.95 bits per heavy atom. The van der Waals surface area contributed by atoms with Crippen molar-refractivity contribution < 1.29 is 14.3 Å². The van der Waals surface area contributed by atoms with Crippen LogP contribution in [0, 0.1) is 5.92 Å². The van der Waals surface area contributed by atoms with Crippen molar-refractivity contribution >= 4 is 5.91 Å². The Morgan fingerprint density at radius 1 is 1.32 bits per heavy atom. The zero-order valence-electron chi connectivity index (χ0n) is 14.3. The summed E-state index contributed by atoms with van der Waals surface area (Å²) >= 11 is 0. The smallest absolute Gasteiger partial charge is 0.222 e. The number of hydrogen-bond acceptors (Lipinski definition) is 5. The van der Waals surface area contributed by atoms with E-state index in [2.05, 4.69) is 24.1 Å². The van der Waals surface area contributed by atoms with Crippen molar-refractivity contribution in [1.82, 2.24) is 10.2 Å². The number of morpholine rings is 1. The van der Waals surface area contributed by atoms with Gasteiger partial charge in [-0.3, -0.25) is 9.69 Å². The maximum Gasteiger partial charge on any atom is 0.222 e. The van der Waals surface area contributed by atoms with Gasteiger partial charge in [0.25, 0.3) is 0 Å². The molecule has 6 nitrogen and oxygen atoms in total. The summed E-state index contributed by atoms with van der Waals surface area (Å²) in [5.41, 5.74) is 5.57. The Hall–Kier alpha value is -0.690. The number of methoxy groups -OCH3 is 1. The SMILES string of the molecule is CCC(CC)C(CNC(=O)CC(CN)OC)N1CCOCC1. The van der Waals surface area contributed by atoms with Crippen LogP contribution in [0.5, 0.6) is 0 Å². The van der Waals surface area contributed by atoms with Crippen molar-refractivity contribution in [3.05, 3.63) is 0 Å². The summed E-state index contributed by atoms with van der Waals surface area (Å²) in [6.07, 6.45) is 2.37. The molecule has 1 fully saturated rings. The van der Waals surface area contributed by atoms with Gasteiger partial charge in [0.2, 0.25) is 5.91 Å². The summed E-state index contributed by atoms with van der Waals surface area (Å²) in [6.45, 7) is 8.95. The number of carbonyl (C=O) groups is 1. The number of nitrogens with zero attached hydrogens (tertiary/aromatic N) is 1. The van der Waals surface area contributed by atoms with E-state index in [-0.39, 0.29) is 12.0 Å². The molecule has 1 amide bonds. The molecule has 2 unspecified atom stereocenters. The van der Waals surface area contributed by atoms with Crippen molar-refractivity contribution in [2.75, 3.05) is 46.5 Å². The number of carbonyl (C=O) groups excluding carboxylic acids is 1. The van der Waals surface area contributed by atoms with Gasteiger partial charge in [-0.05, 0) is 5.92 Å². The third-order valence-electron chi connectivity index (χ3n) is 4.63. The van der Waals surface area contributed by atoms with Crippen LogP contribution in [-0.4, -0.2) is 69.5 Å². The Morgan fingerprint density at radius 3 is 2.45 bits per heavy atom. The molecule has 0 radical (unpaired) electrons. The minimum atomic E-state index is -0.199. The molecule has 0 bridgehead atoms. The molecule has 0 aromatic rings. The highest BCUT2D eigenvalue weighted by molar-refractivity contribution is 5.76. The number of rotatable bonds is 10. The van der Waals surface area contributed by atoms with E-state index >= 15 is 0 Å². The Bertz CT molecular complexity index is 301. The Kier molecular flexibility index (Phi) is 9.63. The highest BCUT2D eigenvalue weighted by Crippen LogP contribution is 2.19. The third-order valence-corrected chi connectivity index (χ3v) is 4.63. The van der Waals surface area contributed by atoms with Crippen molar-refractivity contribution in [3.63, 3.8) is 0 Å². The van der Waals surface area contributed by atoms with Crippen LogP contribution >= 0.6 is 0 Å². The minimum Gasteiger partial charge on any atom is -0.380 e. The Balaban J connectivity index is 2.54. The number of hydrogen-bond donors (Lipinski definition) is 2. The largest absolute Gasteiger partial charge is 0.380 e. The summed E-state index contributed by atoms with van der Waals surface area (Å²) in [4.78, 5) is 14.5. The molecular weight excluding hydrogens is 282 g/mol. The molecule has 3 N–H and O–H groups in total. The lowest BCUT2D eigenvalue weighted by molar-refractivity contribution is -0.123. The van der Waals surface area contributed by atoms with Gasteiger partial charge in [-0.15, -0.1) is 0 Å². The summed E-state index contributed by atoms with van der Waals surface area (Å²) in [7, 11) is 1.59. The highest BCUT2D eigenvalue weighted by Gasteiger charge is 2.27. The maximum atomic E-state index is 12.1. The monoisotopic (exact) mass is 315 g/mol. The normalized spacial score (nSPS) is 19.1. The molecule has 0 saturated carbocycles. The van der Waals surface area contributed by atoms with Crippen LogP contribution in [-0.2, 0) is 14.3 Å². The lowest BCUT2D eigenvalue weighted by atomic mass is 9.92. The maximum absolute atomic E-state index is 12.1. The first-order chi connectivity index (χ1) is 10.7. The number of ether oxygens (including phenoxy) is 2. The van der Waals surface area contributed by atoms with Crippen molar-refractivity contribution in [2.24, 2.45) is 11.7 Å². The average molecular weight is 315 g/mol. The predicted molar refractivity (Wildman–Crippen MR) is 87.7 cm³/mol. The lowest BCUT2D eigenvalue weighted by Crippen LogP contribution is -2.52. The zero-order valence-corrected chi connectivity index (χ0v) is 14.3. The molecule has 6 heteroatoms. The van der Waals surface area contributed by atoms with Gasteiger partial charge in [0.1, 0.15) is 0 Å². The molecule has 22 heavy (non-hydrogen) atoms. The van der Waals surface area contributed by atoms with E-state index in [0.717, 1.165) is 39.1 Å². The third kappa shape index (κ3) is 6.20. The average Bonchev–Trinajstić information content (AvgIpc) is 2.57. The van der Waals surface area contributed by atoms with E-state index in [1.165, 1.54) is 0 Å². The van der Waals surface area contributed by atoms with Crippen LogP contribution in [0.2, 0.25) is 0 Å². The van der Waals surface area contributed by atoms with Gasteiger partial charge in [0.15, 0.2) is 0 Å². The van der Waals surface area contributed by atoms with Crippen LogP contribution in [0.3, 0.4) is 0 Å². The first-order valence-corrected chi connectivity index (χ1v) is 8.47. The van der Waals surface area contributed by atoms with Gasteiger partial charge in [-0.25, -0.2) is 0 Å². The Labute approximate surface area is 134 Å². The summed E-state index contributed by atoms with van der Waals surface area (Å²) < 4.78 is 10.6. The molecule has 1 aliphatic heterocycles. The number of amides is 1. The van der Waals surface area contributed by atoms with Gasteiger partial charge in [-0.2, -0.15) is 0 Å². The first-order valence-electron chi connectivity index (χ1n) is 8.47. The lowest BCUT2D eigenvalue weighted by Gasteiger charge is -2.38. The highest BCUT2D eigenvalue weighted by atomic mass is 16.5. The zero-order chi connectivity index (χ0) is 16.4. The van der Waals surface area contributed by atoms with Crippen LogP contribution in [0.25, 0.3) is 0 Å². The molecule has 0 spiro atoms. The molecule has 1 heterocycles. The van der Waals surface area contributed by atoms with Gasteiger partial charge in [-0.1, -0.05) is 26.7 Å². The molecule has 1 rings (SSSR count). The summed E-state index contributed by atoms with van der Waals surface area (Å²) in [5.74, 6) is 0.604. The van der Waals surface area contributed by atoms with E-state index in [4.69, 9.17) is 15.2 Å². The van der Waals surface area contributed by atoms with E-state index in [0.29, 0.717) is 31.5 Å². The molecule has 0 aromatic heterocycles. The fourth-order valence-electron chi connectivity index (χ4n) is 3.10. The molecule has 0 aromatic carbocycles. The fraction of sp³-hybridized carbons (Fsp3) is 0.938. The fourth-order valence-corrected chi connectivity index (χ4v) is 3.10. The second-order valence-corrected chi connectivity index (χ2v) is 5.89. The van der Waals surface area contributed by atoms with Gasteiger partial charge in [0.05, 0.1) is 25.7 Å². The van der Waals surface area contributed by atoms with Crippen LogP contribution in [0.1, 0.15) is 33.1 Å². The summed E-state index contributed by atoms with van der Waals surface area (Å²) in [5, 5.41) is 3.07. The quantitative estimate of drug-likeness (QED) is 0.617. The predicted octanol–water partition coefficient (Wildman–Crippen LogP) is 0.603. The molecule has 1 saturated heterocycles. The summed E-state index contributed by atoms with van der Waals surface area (Å²) in [6, 6.07) is 0.377.